The van der Waals surface area contributed by atoms with Crippen LogP contribution >= 0.6 is 11.6 Å². The normalized spacial score (nSPS) is 10.9. The van der Waals surface area contributed by atoms with Gasteiger partial charge in [-0.25, -0.2) is 4.98 Å². The van der Waals surface area contributed by atoms with Crippen molar-refractivity contribution in [1.82, 2.24) is 20.3 Å². The molecule has 0 saturated heterocycles. The van der Waals surface area contributed by atoms with Crippen LogP contribution in [-0.4, -0.2) is 20.9 Å². The Kier molecular flexibility index (Phi) is 5.35. The Bertz CT molecular complexity index is 1440. The number of amides is 1. The van der Waals surface area contributed by atoms with E-state index in [1.54, 1.807) is 24.7 Å². The molecule has 5 aromatic rings. The van der Waals surface area contributed by atoms with E-state index >= 15 is 0 Å². The molecule has 0 aliphatic heterocycles. The largest absolute Gasteiger partial charge is 0.348 e. The highest BCUT2D eigenvalue weighted by Crippen LogP contribution is 2.31. The molecule has 2 N–H and O–H groups in total. The van der Waals surface area contributed by atoms with Crippen LogP contribution in [0.1, 0.15) is 15.9 Å². The molecule has 7 heteroatoms. The van der Waals surface area contributed by atoms with E-state index in [2.05, 4.69) is 20.6 Å². The number of rotatable bonds is 5. The summed E-state index contributed by atoms with van der Waals surface area (Å²) in [6.45, 7) is 0.427. The number of nitrogens with one attached hydrogen (secondary N) is 2. The van der Waals surface area contributed by atoms with Gasteiger partial charge in [0.1, 0.15) is 5.82 Å². The van der Waals surface area contributed by atoms with Crippen molar-refractivity contribution in [3.63, 3.8) is 0 Å². The van der Waals surface area contributed by atoms with Crippen LogP contribution in [0.3, 0.4) is 0 Å². The highest BCUT2D eigenvalue weighted by Gasteiger charge is 2.12. The predicted molar refractivity (Wildman–Crippen MR) is 127 cm³/mol. The van der Waals surface area contributed by atoms with Crippen LogP contribution in [0, 0.1) is 0 Å². The van der Waals surface area contributed by atoms with Gasteiger partial charge in [-0.05, 0) is 54.1 Å². The lowest BCUT2D eigenvalue weighted by Gasteiger charge is -2.12. The number of hydrogen-bond acceptors (Lipinski definition) is 5. The van der Waals surface area contributed by atoms with Crippen molar-refractivity contribution in [1.29, 1.82) is 0 Å². The minimum atomic E-state index is -0.166. The molecule has 32 heavy (non-hydrogen) atoms. The van der Waals surface area contributed by atoms with Crippen molar-refractivity contribution in [2.45, 2.75) is 6.54 Å². The Balaban J connectivity index is 1.52. The lowest BCUT2D eigenvalue weighted by Crippen LogP contribution is -2.22. The molecule has 156 valence electrons. The smallest absolute Gasteiger partial charge is 0.251 e. The second kappa shape index (κ2) is 8.61. The fourth-order valence-electron chi connectivity index (χ4n) is 3.57. The average Bonchev–Trinajstić information content (AvgIpc) is 2.83. The number of aromatic nitrogens is 3. The maximum absolute atomic E-state index is 12.7. The fourth-order valence-corrected chi connectivity index (χ4v) is 3.76. The van der Waals surface area contributed by atoms with Crippen LogP contribution in [0.25, 0.3) is 21.7 Å². The number of nitrogens with zero attached hydrogens (tertiary/aromatic N) is 3. The zero-order valence-electron chi connectivity index (χ0n) is 16.9. The molecular weight excluding hydrogens is 422 g/mol. The number of anilines is 2. The van der Waals surface area contributed by atoms with Crippen molar-refractivity contribution >= 4 is 50.7 Å². The summed E-state index contributed by atoms with van der Waals surface area (Å²) in [5.41, 5.74) is 3.05. The van der Waals surface area contributed by atoms with Gasteiger partial charge in [-0.1, -0.05) is 23.7 Å². The lowest BCUT2D eigenvalue weighted by molar-refractivity contribution is 0.0951. The van der Waals surface area contributed by atoms with Gasteiger partial charge < -0.3 is 10.6 Å². The highest BCUT2D eigenvalue weighted by atomic mass is 35.5. The van der Waals surface area contributed by atoms with Gasteiger partial charge in [0.25, 0.3) is 5.91 Å². The quantitative estimate of drug-likeness (QED) is 0.353. The first kappa shape index (κ1) is 19.9. The topological polar surface area (TPSA) is 79.8 Å². The van der Waals surface area contributed by atoms with E-state index in [4.69, 9.17) is 16.6 Å². The number of benzene rings is 2. The first-order chi connectivity index (χ1) is 15.7. The van der Waals surface area contributed by atoms with Crippen molar-refractivity contribution in [2.75, 3.05) is 5.32 Å². The zero-order chi connectivity index (χ0) is 21.9. The van der Waals surface area contributed by atoms with Gasteiger partial charge in [0.2, 0.25) is 0 Å². The summed E-state index contributed by atoms with van der Waals surface area (Å²) in [5, 5.41) is 9.73. The van der Waals surface area contributed by atoms with Gasteiger partial charge in [-0.3, -0.25) is 14.8 Å². The van der Waals surface area contributed by atoms with Crippen molar-refractivity contribution in [3.8, 4) is 0 Å². The van der Waals surface area contributed by atoms with E-state index in [9.17, 15) is 4.79 Å². The Labute approximate surface area is 189 Å². The number of hydrogen-bond donors (Lipinski definition) is 2. The van der Waals surface area contributed by atoms with Gasteiger partial charge in [-0.15, -0.1) is 0 Å². The molecule has 5 rings (SSSR count). The Morgan fingerprint density at radius 2 is 1.72 bits per heavy atom. The Hall–Kier alpha value is -4.03. The summed E-state index contributed by atoms with van der Waals surface area (Å²) in [5.74, 6) is 0.507. The molecule has 6 nitrogen and oxygen atoms in total. The average molecular weight is 440 g/mol. The van der Waals surface area contributed by atoms with Crippen LogP contribution < -0.4 is 10.6 Å². The third kappa shape index (κ3) is 4.08. The van der Waals surface area contributed by atoms with Crippen molar-refractivity contribution < 1.29 is 4.79 Å². The van der Waals surface area contributed by atoms with Crippen LogP contribution in [0.15, 0.2) is 85.5 Å². The van der Waals surface area contributed by atoms with Gasteiger partial charge in [0, 0.05) is 63.8 Å². The van der Waals surface area contributed by atoms with Gasteiger partial charge in [-0.2, -0.15) is 0 Å². The molecule has 3 aromatic heterocycles. The monoisotopic (exact) mass is 439 g/mol. The van der Waals surface area contributed by atoms with E-state index in [-0.39, 0.29) is 5.91 Å². The predicted octanol–water partition coefficient (Wildman–Crippen LogP) is 5.51. The van der Waals surface area contributed by atoms with E-state index in [0.29, 0.717) is 28.5 Å². The molecule has 0 aliphatic carbocycles. The highest BCUT2D eigenvalue weighted by molar-refractivity contribution is 6.30. The van der Waals surface area contributed by atoms with Crippen molar-refractivity contribution in [2.24, 2.45) is 0 Å². The second-order valence-electron chi connectivity index (χ2n) is 7.29. The number of pyridine rings is 3. The van der Waals surface area contributed by atoms with E-state index < -0.39 is 0 Å². The molecular formula is C25H18ClN5O. The number of carbonyl (C=O) groups is 1. The van der Waals surface area contributed by atoms with Gasteiger partial charge in [0.05, 0.1) is 5.52 Å². The van der Waals surface area contributed by atoms with Crippen LogP contribution in [0.2, 0.25) is 5.02 Å². The third-order valence-electron chi connectivity index (χ3n) is 5.15. The molecule has 0 aliphatic rings. The molecule has 0 bridgehead atoms. The Morgan fingerprint density at radius 1 is 0.875 bits per heavy atom. The van der Waals surface area contributed by atoms with Gasteiger partial charge in [0.15, 0.2) is 0 Å². The minimum Gasteiger partial charge on any atom is -0.348 e. The van der Waals surface area contributed by atoms with E-state index in [0.717, 1.165) is 27.4 Å². The van der Waals surface area contributed by atoms with E-state index in [1.165, 1.54) is 0 Å². The molecule has 0 saturated carbocycles. The maximum Gasteiger partial charge on any atom is 0.251 e. The van der Waals surface area contributed by atoms with Crippen LogP contribution in [-0.2, 0) is 6.54 Å². The molecule has 0 fully saturated rings. The number of carbonyl (C=O) groups excluding carboxylic acids is 1. The molecule has 0 spiro atoms. The summed E-state index contributed by atoms with van der Waals surface area (Å²) < 4.78 is 0. The molecule has 2 aromatic carbocycles. The first-order valence-corrected chi connectivity index (χ1v) is 10.4. The van der Waals surface area contributed by atoms with Crippen LogP contribution in [0.5, 0.6) is 0 Å². The van der Waals surface area contributed by atoms with Crippen LogP contribution in [0.4, 0.5) is 11.5 Å². The first-order valence-electron chi connectivity index (χ1n) is 10.0. The van der Waals surface area contributed by atoms with Crippen molar-refractivity contribution in [3.05, 3.63) is 102 Å². The molecule has 3 heterocycles. The summed E-state index contributed by atoms with van der Waals surface area (Å²) in [6.07, 6.45) is 6.95. The lowest BCUT2D eigenvalue weighted by atomic mass is 10.1. The van der Waals surface area contributed by atoms with Gasteiger partial charge >= 0.3 is 0 Å². The van der Waals surface area contributed by atoms with E-state index in [1.807, 2.05) is 60.8 Å². The second-order valence-corrected chi connectivity index (χ2v) is 7.72. The molecule has 0 atom stereocenters. The molecule has 1 amide bonds. The standard InChI is InChI=1S/C25H18ClN5O/c26-18-2-1-3-19(13-18)30-24-21-8-11-28-15-22(21)20-5-4-17(12-23(20)31-24)25(32)29-14-16-6-9-27-10-7-16/h1-13,15H,14H2,(H,29,32)(H,30,31). The maximum atomic E-state index is 12.7. The number of fused-ring (bicyclic) bond motifs is 3. The minimum absolute atomic E-state index is 0.166. The third-order valence-corrected chi connectivity index (χ3v) is 5.38. The molecule has 0 unspecified atom stereocenters. The summed E-state index contributed by atoms with van der Waals surface area (Å²) in [4.78, 5) is 25.8. The fraction of sp³-hybridized carbons (Fsp3) is 0.0400. The SMILES string of the molecule is O=C(NCc1ccncc1)c1ccc2c(c1)nc(Nc1cccc(Cl)c1)c1ccncc12. The summed E-state index contributed by atoms with van der Waals surface area (Å²) in [6, 6.07) is 18.6. The zero-order valence-corrected chi connectivity index (χ0v) is 17.7. The molecule has 0 radical (unpaired) electrons. The summed E-state index contributed by atoms with van der Waals surface area (Å²) in [7, 11) is 0. The Morgan fingerprint density at radius 3 is 2.56 bits per heavy atom. The summed E-state index contributed by atoms with van der Waals surface area (Å²) >= 11 is 6.14. The number of halogens is 1.